The van der Waals surface area contributed by atoms with Crippen molar-refractivity contribution in [3.63, 3.8) is 0 Å². The second-order valence-corrected chi connectivity index (χ2v) is 3.94. The van der Waals surface area contributed by atoms with Crippen LogP contribution in [0, 0.1) is 11.6 Å². The maximum absolute atomic E-state index is 13.3. The van der Waals surface area contributed by atoms with Gasteiger partial charge in [-0.25, -0.2) is 13.8 Å². The molecule has 0 aliphatic carbocycles. The Bertz CT molecular complexity index is 456. The van der Waals surface area contributed by atoms with Crippen molar-refractivity contribution < 1.29 is 8.78 Å². The Morgan fingerprint density at radius 3 is 2.80 bits per heavy atom. The fourth-order valence-electron chi connectivity index (χ4n) is 1.27. The molecule has 1 atom stereocenters. The summed E-state index contributed by atoms with van der Waals surface area (Å²) in [5.41, 5.74) is 5.90. The number of rotatable bonds is 2. The minimum atomic E-state index is -0.708. The number of benzene rings is 1. The van der Waals surface area contributed by atoms with Crippen LogP contribution < -0.4 is 5.73 Å². The third-order valence-corrected chi connectivity index (χ3v) is 2.87. The van der Waals surface area contributed by atoms with Gasteiger partial charge in [-0.2, -0.15) is 0 Å². The average molecular weight is 226 g/mol. The molecule has 2 aromatic rings. The van der Waals surface area contributed by atoms with E-state index in [1.54, 1.807) is 11.6 Å². The van der Waals surface area contributed by atoms with Gasteiger partial charge in [0.1, 0.15) is 16.6 Å². The zero-order valence-electron chi connectivity index (χ0n) is 7.65. The molecule has 0 aliphatic rings. The van der Waals surface area contributed by atoms with Crippen LogP contribution >= 0.6 is 11.3 Å². The Labute approximate surface area is 89.4 Å². The zero-order valence-corrected chi connectivity index (χ0v) is 8.47. The number of hydrogen-bond acceptors (Lipinski definition) is 3. The van der Waals surface area contributed by atoms with Gasteiger partial charge >= 0.3 is 0 Å². The molecule has 1 aromatic heterocycles. The number of nitrogens with two attached hydrogens (primary N) is 1. The summed E-state index contributed by atoms with van der Waals surface area (Å²) < 4.78 is 26.3. The van der Waals surface area contributed by atoms with Gasteiger partial charge in [0, 0.05) is 17.1 Å². The molecule has 0 saturated heterocycles. The van der Waals surface area contributed by atoms with E-state index in [0.717, 1.165) is 18.2 Å². The lowest BCUT2D eigenvalue weighted by atomic mass is 10.1. The molecule has 0 radical (unpaired) electrons. The number of nitrogens with zero attached hydrogens (tertiary/aromatic N) is 1. The van der Waals surface area contributed by atoms with Gasteiger partial charge in [0.15, 0.2) is 0 Å². The van der Waals surface area contributed by atoms with E-state index in [-0.39, 0.29) is 5.56 Å². The lowest BCUT2D eigenvalue weighted by molar-refractivity contribution is 0.576. The summed E-state index contributed by atoms with van der Waals surface area (Å²) in [4.78, 5) is 3.97. The molecule has 2 N–H and O–H groups in total. The van der Waals surface area contributed by atoms with Gasteiger partial charge in [-0.15, -0.1) is 11.3 Å². The number of halogens is 2. The summed E-state index contributed by atoms with van der Waals surface area (Å²) >= 11 is 1.32. The second-order valence-electron chi connectivity index (χ2n) is 3.01. The highest BCUT2D eigenvalue weighted by Gasteiger charge is 2.16. The van der Waals surface area contributed by atoms with Crippen LogP contribution in [0.2, 0.25) is 0 Å². The van der Waals surface area contributed by atoms with E-state index in [9.17, 15) is 8.78 Å². The molecule has 5 heteroatoms. The summed E-state index contributed by atoms with van der Waals surface area (Å²) in [7, 11) is 0. The molecule has 1 aromatic carbocycles. The molecule has 0 spiro atoms. The Hall–Kier alpha value is -1.33. The second kappa shape index (κ2) is 4.04. The minimum absolute atomic E-state index is 0.130. The van der Waals surface area contributed by atoms with Gasteiger partial charge in [0.25, 0.3) is 0 Å². The molecule has 15 heavy (non-hydrogen) atoms. The van der Waals surface area contributed by atoms with E-state index in [1.165, 1.54) is 11.3 Å². The van der Waals surface area contributed by atoms with Crippen molar-refractivity contribution in [2.75, 3.05) is 0 Å². The first-order chi connectivity index (χ1) is 7.18. The Kier molecular flexibility index (Phi) is 2.75. The van der Waals surface area contributed by atoms with E-state index in [4.69, 9.17) is 5.73 Å². The maximum Gasteiger partial charge on any atom is 0.128 e. The SMILES string of the molecule is NC(c1nccs1)c1cc(F)ccc1F. The topological polar surface area (TPSA) is 38.9 Å². The fraction of sp³-hybridized carbons (Fsp3) is 0.100. The third kappa shape index (κ3) is 2.03. The van der Waals surface area contributed by atoms with Crippen LogP contribution in [-0.2, 0) is 0 Å². The first kappa shape index (κ1) is 10.2. The predicted molar refractivity (Wildman–Crippen MR) is 54.5 cm³/mol. The van der Waals surface area contributed by atoms with Crippen LogP contribution in [0.4, 0.5) is 8.78 Å². The number of thiazole rings is 1. The number of aromatic nitrogens is 1. The van der Waals surface area contributed by atoms with Crippen LogP contribution in [-0.4, -0.2) is 4.98 Å². The van der Waals surface area contributed by atoms with Crippen LogP contribution in [0.25, 0.3) is 0 Å². The summed E-state index contributed by atoms with van der Waals surface area (Å²) in [6, 6.07) is 2.52. The highest BCUT2D eigenvalue weighted by molar-refractivity contribution is 7.09. The molecule has 0 saturated carbocycles. The largest absolute Gasteiger partial charge is 0.318 e. The van der Waals surface area contributed by atoms with Crippen molar-refractivity contribution in [1.29, 1.82) is 0 Å². The smallest absolute Gasteiger partial charge is 0.128 e. The molecule has 2 nitrogen and oxygen atoms in total. The normalized spacial score (nSPS) is 12.7. The standard InChI is InChI=1S/C10H8F2N2S/c11-6-1-2-8(12)7(5-6)9(13)10-14-3-4-15-10/h1-5,9H,13H2. The van der Waals surface area contributed by atoms with E-state index in [1.807, 2.05) is 0 Å². The molecular formula is C10H8F2N2S. The average Bonchev–Trinajstić information content (AvgIpc) is 2.74. The third-order valence-electron chi connectivity index (χ3n) is 2.01. The van der Waals surface area contributed by atoms with Crippen molar-refractivity contribution in [2.24, 2.45) is 5.73 Å². The summed E-state index contributed by atoms with van der Waals surface area (Å²) in [5, 5.41) is 2.31. The molecule has 0 fully saturated rings. The quantitative estimate of drug-likeness (QED) is 0.854. The van der Waals surface area contributed by atoms with Crippen LogP contribution in [0.15, 0.2) is 29.8 Å². The highest BCUT2D eigenvalue weighted by atomic mass is 32.1. The molecule has 2 rings (SSSR count). The molecule has 0 amide bonds. The first-order valence-electron chi connectivity index (χ1n) is 4.28. The van der Waals surface area contributed by atoms with Crippen molar-refractivity contribution in [1.82, 2.24) is 4.98 Å². The van der Waals surface area contributed by atoms with Gasteiger partial charge in [-0.3, -0.25) is 0 Å². The molecular weight excluding hydrogens is 218 g/mol. The Morgan fingerprint density at radius 1 is 1.33 bits per heavy atom. The van der Waals surface area contributed by atoms with Gasteiger partial charge in [0.05, 0.1) is 6.04 Å². The maximum atomic E-state index is 13.3. The Morgan fingerprint density at radius 2 is 2.13 bits per heavy atom. The van der Waals surface area contributed by atoms with Crippen molar-refractivity contribution in [3.05, 3.63) is 52.0 Å². The summed E-state index contributed by atoms with van der Waals surface area (Å²) in [6.07, 6.45) is 1.58. The lowest BCUT2D eigenvalue weighted by Gasteiger charge is -2.09. The summed E-state index contributed by atoms with van der Waals surface area (Å²) in [5.74, 6) is -1.02. The lowest BCUT2D eigenvalue weighted by Crippen LogP contribution is -2.13. The first-order valence-corrected chi connectivity index (χ1v) is 5.16. The fourth-order valence-corrected chi connectivity index (χ4v) is 1.93. The van der Waals surface area contributed by atoms with Gasteiger partial charge < -0.3 is 5.73 Å². The van der Waals surface area contributed by atoms with Crippen molar-refractivity contribution in [3.8, 4) is 0 Å². The zero-order chi connectivity index (χ0) is 10.8. The van der Waals surface area contributed by atoms with E-state index in [0.29, 0.717) is 5.01 Å². The van der Waals surface area contributed by atoms with Crippen molar-refractivity contribution >= 4 is 11.3 Å². The van der Waals surface area contributed by atoms with Crippen LogP contribution in [0.3, 0.4) is 0 Å². The van der Waals surface area contributed by atoms with Gasteiger partial charge in [-0.1, -0.05) is 0 Å². The molecule has 78 valence electrons. The summed E-state index contributed by atoms with van der Waals surface area (Å²) in [6.45, 7) is 0. The monoisotopic (exact) mass is 226 g/mol. The predicted octanol–water partition coefficient (Wildman–Crippen LogP) is 2.47. The van der Waals surface area contributed by atoms with Crippen molar-refractivity contribution in [2.45, 2.75) is 6.04 Å². The number of hydrogen-bond donors (Lipinski definition) is 1. The van der Waals surface area contributed by atoms with E-state index in [2.05, 4.69) is 4.98 Å². The highest BCUT2D eigenvalue weighted by Crippen LogP contribution is 2.24. The van der Waals surface area contributed by atoms with Gasteiger partial charge in [-0.05, 0) is 18.2 Å². The van der Waals surface area contributed by atoms with Crippen LogP contribution in [0.1, 0.15) is 16.6 Å². The van der Waals surface area contributed by atoms with Crippen LogP contribution in [0.5, 0.6) is 0 Å². The Balaban J connectivity index is 2.41. The molecule has 1 heterocycles. The molecule has 1 unspecified atom stereocenters. The molecule has 0 aliphatic heterocycles. The molecule has 0 bridgehead atoms. The van der Waals surface area contributed by atoms with Gasteiger partial charge in [0.2, 0.25) is 0 Å². The van der Waals surface area contributed by atoms with E-state index < -0.39 is 17.7 Å². The van der Waals surface area contributed by atoms with E-state index >= 15 is 0 Å². The minimum Gasteiger partial charge on any atom is -0.318 e.